The number of rotatable bonds is 8. The lowest BCUT2D eigenvalue weighted by molar-refractivity contribution is 0.140. The van der Waals surface area contributed by atoms with Crippen LogP contribution >= 0.6 is 11.3 Å². The van der Waals surface area contributed by atoms with Gasteiger partial charge in [-0.25, -0.2) is 0 Å². The fourth-order valence-corrected chi connectivity index (χ4v) is 3.15. The monoisotopic (exact) mass is 269 g/mol. The minimum atomic E-state index is 0.329. The van der Waals surface area contributed by atoms with Crippen LogP contribution in [0.3, 0.4) is 0 Å². The molecule has 1 aliphatic heterocycles. The summed E-state index contributed by atoms with van der Waals surface area (Å²) in [6.07, 6.45) is 3.56. The summed E-state index contributed by atoms with van der Waals surface area (Å²) in [5.74, 6) is 0. The van der Waals surface area contributed by atoms with Crippen molar-refractivity contribution >= 4 is 11.3 Å². The van der Waals surface area contributed by atoms with Crippen molar-refractivity contribution in [1.82, 2.24) is 5.32 Å². The van der Waals surface area contributed by atoms with Crippen molar-refractivity contribution in [2.24, 2.45) is 5.41 Å². The maximum absolute atomic E-state index is 5.62. The highest BCUT2D eigenvalue weighted by atomic mass is 32.1. The van der Waals surface area contributed by atoms with E-state index >= 15 is 0 Å². The molecule has 0 saturated carbocycles. The average Bonchev–Trinajstić information content (AvgIpc) is 3.04. The van der Waals surface area contributed by atoms with E-state index in [1.54, 1.807) is 18.4 Å². The van der Waals surface area contributed by atoms with Crippen molar-refractivity contribution < 1.29 is 9.47 Å². The van der Waals surface area contributed by atoms with E-state index in [4.69, 9.17) is 9.47 Å². The van der Waals surface area contributed by atoms with E-state index in [1.165, 1.54) is 24.8 Å². The standard InChI is InChI=1S/C14H23NO2S/c1-16-8-6-15-11-14(5-7-17-12-14)4-2-13-3-9-18-10-13/h3,9-10,15H,2,4-8,11-12H2,1H3. The molecule has 2 rings (SSSR count). The Bertz CT molecular complexity index is 321. The molecule has 3 nitrogen and oxygen atoms in total. The normalized spacial score (nSPS) is 23.6. The summed E-state index contributed by atoms with van der Waals surface area (Å²) in [6, 6.07) is 2.23. The molecular formula is C14H23NO2S. The van der Waals surface area contributed by atoms with Crippen LogP contribution in [-0.2, 0) is 15.9 Å². The van der Waals surface area contributed by atoms with Crippen LogP contribution in [-0.4, -0.2) is 40.0 Å². The van der Waals surface area contributed by atoms with Crippen molar-refractivity contribution in [2.45, 2.75) is 19.3 Å². The van der Waals surface area contributed by atoms with Crippen LogP contribution in [0.1, 0.15) is 18.4 Å². The van der Waals surface area contributed by atoms with E-state index in [1.807, 2.05) is 0 Å². The highest BCUT2D eigenvalue weighted by Gasteiger charge is 2.34. The Morgan fingerprint density at radius 2 is 2.50 bits per heavy atom. The molecule has 1 saturated heterocycles. The third-order valence-corrected chi connectivity index (χ3v) is 4.42. The lowest BCUT2D eigenvalue weighted by Gasteiger charge is -2.27. The van der Waals surface area contributed by atoms with Crippen LogP contribution in [0.5, 0.6) is 0 Å². The van der Waals surface area contributed by atoms with Crippen molar-refractivity contribution in [1.29, 1.82) is 0 Å². The van der Waals surface area contributed by atoms with Gasteiger partial charge in [0, 0.05) is 32.2 Å². The van der Waals surface area contributed by atoms with Gasteiger partial charge in [0.2, 0.25) is 0 Å². The van der Waals surface area contributed by atoms with E-state index < -0.39 is 0 Å². The van der Waals surface area contributed by atoms with Gasteiger partial charge in [0.15, 0.2) is 0 Å². The molecule has 1 fully saturated rings. The number of methoxy groups -OCH3 is 1. The minimum Gasteiger partial charge on any atom is -0.383 e. The Hall–Kier alpha value is -0.420. The molecule has 0 radical (unpaired) electrons. The fourth-order valence-electron chi connectivity index (χ4n) is 2.45. The minimum absolute atomic E-state index is 0.329. The molecule has 1 atom stereocenters. The maximum Gasteiger partial charge on any atom is 0.0587 e. The van der Waals surface area contributed by atoms with Gasteiger partial charge in [0.05, 0.1) is 13.2 Å². The molecule has 1 aromatic rings. The topological polar surface area (TPSA) is 30.5 Å². The van der Waals surface area contributed by atoms with Gasteiger partial charge in [-0.2, -0.15) is 11.3 Å². The van der Waals surface area contributed by atoms with E-state index in [9.17, 15) is 0 Å². The van der Waals surface area contributed by atoms with Crippen molar-refractivity contribution in [2.75, 3.05) is 40.0 Å². The summed E-state index contributed by atoms with van der Waals surface area (Å²) in [5, 5.41) is 7.91. The summed E-state index contributed by atoms with van der Waals surface area (Å²) in [5.41, 5.74) is 1.79. The second kappa shape index (κ2) is 7.24. The quantitative estimate of drug-likeness (QED) is 0.735. The highest BCUT2D eigenvalue weighted by molar-refractivity contribution is 7.07. The molecule has 18 heavy (non-hydrogen) atoms. The Morgan fingerprint density at radius 3 is 3.17 bits per heavy atom. The van der Waals surface area contributed by atoms with Crippen LogP contribution in [0.25, 0.3) is 0 Å². The van der Waals surface area contributed by atoms with E-state index in [0.29, 0.717) is 5.41 Å². The summed E-state index contributed by atoms with van der Waals surface area (Å²) in [7, 11) is 1.74. The number of hydrogen-bond acceptors (Lipinski definition) is 4. The van der Waals surface area contributed by atoms with Gasteiger partial charge >= 0.3 is 0 Å². The molecule has 2 heterocycles. The number of ether oxygens (including phenoxy) is 2. The molecule has 0 bridgehead atoms. The van der Waals surface area contributed by atoms with E-state index in [0.717, 1.165) is 32.9 Å². The van der Waals surface area contributed by atoms with Gasteiger partial charge < -0.3 is 14.8 Å². The third kappa shape index (κ3) is 4.05. The average molecular weight is 269 g/mol. The first kappa shape index (κ1) is 14.0. The largest absolute Gasteiger partial charge is 0.383 e. The fraction of sp³-hybridized carbons (Fsp3) is 0.714. The molecule has 102 valence electrons. The first-order valence-corrected chi connectivity index (χ1v) is 7.57. The van der Waals surface area contributed by atoms with Gasteiger partial charge in [-0.05, 0) is 41.7 Å². The molecule has 1 aliphatic rings. The highest BCUT2D eigenvalue weighted by Crippen LogP contribution is 2.33. The lowest BCUT2D eigenvalue weighted by Crippen LogP contribution is -2.36. The zero-order valence-corrected chi connectivity index (χ0v) is 11.9. The zero-order valence-electron chi connectivity index (χ0n) is 11.1. The second-order valence-electron chi connectivity index (χ2n) is 5.10. The van der Waals surface area contributed by atoms with Crippen molar-refractivity contribution in [3.05, 3.63) is 22.4 Å². The molecule has 1 unspecified atom stereocenters. The van der Waals surface area contributed by atoms with Crippen LogP contribution in [0.4, 0.5) is 0 Å². The van der Waals surface area contributed by atoms with Crippen molar-refractivity contribution in [3.8, 4) is 0 Å². The van der Waals surface area contributed by atoms with Crippen LogP contribution in [0.15, 0.2) is 16.8 Å². The Labute approximate surface area is 113 Å². The molecule has 0 aliphatic carbocycles. The summed E-state index contributed by atoms with van der Waals surface area (Å²) in [4.78, 5) is 0. The molecule has 1 aromatic heterocycles. The molecule has 1 N–H and O–H groups in total. The van der Waals surface area contributed by atoms with Gasteiger partial charge in [0.25, 0.3) is 0 Å². The maximum atomic E-state index is 5.62. The number of hydrogen-bond donors (Lipinski definition) is 1. The molecule has 0 spiro atoms. The Kier molecular flexibility index (Phi) is 5.63. The zero-order chi connectivity index (χ0) is 12.7. The number of thiophene rings is 1. The smallest absolute Gasteiger partial charge is 0.0587 e. The Balaban J connectivity index is 1.78. The predicted molar refractivity (Wildman–Crippen MR) is 75.3 cm³/mol. The van der Waals surface area contributed by atoms with E-state index in [-0.39, 0.29) is 0 Å². The van der Waals surface area contributed by atoms with Crippen molar-refractivity contribution in [3.63, 3.8) is 0 Å². The van der Waals surface area contributed by atoms with Crippen LogP contribution in [0.2, 0.25) is 0 Å². The van der Waals surface area contributed by atoms with E-state index in [2.05, 4.69) is 22.1 Å². The van der Waals surface area contributed by atoms with Crippen LogP contribution < -0.4 is 5.32 Å². The number of aryl methyl sites for hydroxylation is 1. The first-order chi connectivity index (χ1) is 8.85. The predicted octanol–water partition coefficient (Wildman–Crippen LogP) is 2.32. The summed E-state index contributed by atoms with van der Waals surface area (Å²) < 4.78 is 10.7. The molecule has 4 heteroatoms. The van der Waals surface area contributed by atoms with Gasteiger partial charge in [-0.3, -0.25) is 0 Å². The van der Waals surface area contributed by atoms with Gasteiger partial charge in [-0.15, -0.1) is 0 Å². The second-order valence-corrected chi connectivity index (χ2v) is 5.88. The molecular weight excluding hydrogens is 246 g/mol. The molecule has 0 amide bonds. The number of nitrogens with one attached hydrogen (secondary N) is 1. The lowest BCUT2D eigenvalue weighted by atomic mass is 9.81. The van der Waals surface area contributed by atoms with Crippen LogP contribution in [0, 0.1) is 5.41 Å². The SMILES string of the molecule is COCCNCC1(CCc2ccsc2)CCOC1. The van der Waals surface area contributed by atoms with Gasteiger partial charge in [0.1, 0.15) is 0 Å². The Morgan fingerprint density at radius 1 is 1.56 bits per heavy atom. The first-order valence-electron chi connectivity index (χ1n) is 6.63. The summed E-state index contributed by atoms with van der Waals surface area (Å²) >= 11 is 1.78. The molecule has 0 aromatic carbocycles. The third-order valence-electron chi connectivity index (χ3n) is 3.69. The summed E-state index contributed by atoms with van der Waals surface area (Å²) in [6.45, 7) is 4.56. The van der Waals surface area contributed by atoms with Gasteiger partial charge in [-0.1, -0.05) is 0 Å².